The quantitative estimate of drug-likeness (QED) is 0.483. The van der Waals surface area contributed by atoms with E-state index in [1.165, 1.54) is 0 Å². The first-order valence-electron chi connectivity index (χ1n) is 2.35. The van der Waals surface area contributed by atoms with Crippen LogP contribution in [0.4, 0.5) is 0 Å². The molecule has 0 bridgehead atoms. The fourth-order valence-corrected chi connectivity index (χ4v) is 0.351. The molecule has 0 aliphatic carbocycles. The second-order valence-electron chi connectivity index (χ2n) is 1.16. The maximum atomic E-state index is 4.53. The van der Waals surface area contributed by atoms with Gasteiger partial charge in [-0.05, 0) is 6.42 Å². The molecule has 0 saturated heterocycles. The minimum atomic E-state index is 1.08. The molecule has 0 unspecified atom stereocenters. The highest BCUT2D eigenvalue weighted by atomic mass is 32.1. The summed E-state index contributed by atoms with van der Waals surface area (Å²) in [5, 5.41) is 1.60. The lowest BCUT2D eigenvalue weighted by atomic mass is 10.4. The summed E-state index contributed by atoms with van der Waals surface area (Å²) in [6.07, 6.45) is 6.94. The molecule has 0 spiro atoms. The average molecular weight is 113 g/mol. The summed E-state index contributed by atoms with van der Waals surface area (Å²) in [5.74, 6) is 0. The first kappa shape index (κ1) is 6.70. The van der Waals surface area contributed by atoms with Crippen molar-refractivity contribution in [1.82, 2.24) is 0 Å². The van der Waals surface area contributed by atoms with Crippen LogP contribution >= 0.6 is 12.6 Å². The van der Waals surface area contributed by atoms with Gasteiger partial charge in [0, 0.05) is 5.41 Å². The van der Waals surface area contributed by atoms with Crippen LogP contribution in [0.15, 0.2) is 23.6 Å². The molecule has 0 rings (SSSR count). The van der Waals surface area contributed by atoms with Crippen molar-refractivity contribution in [3.63, 3.8) is 0 Å². The zero-order valence-corrected chi connectivity index (χ0v) is 5.24. The predicted octanol–water partition coefficient (Wildman–Crippen LogP) is 2.66. The molecule has 7 heavy (non-hydrogen) atoms. The third kappa shape index (κ3) is 5.70. The monoisotopic (exact) mass is 113 g/mol. The zero-order valence-electron chi connectivity index (χ0n) is 4.42. The van der Waals surface area contributed by atoms with Crippen molar-refractivity contribution in [2.45, 2.75) is 13.3 Å². The van der Waals surface area contributed by atoms with E-state index in [0.29, 0.717) is 0 Å². The van der Waals surface area contributed by atoms with E-state index in [-0.39, 0.29) is 0 Å². The third-order valence-corrected chi connectivity index (χ3v) is 0.719. The van der Waals surface area contributed by atoms with E-state index >= 15 is 0 Å². The van der Waals surface area contributed by atoms with Crippen LogP contribution in [0.2, 0.25) is 0 Å². The second kappa shape index (κ2) is 5.70. The highest BCUT2D eigenvalue weighted by molar-refractivity contribution is 7.83. The predicted molar refractivity (Wildman–Crippen MR) is 36.2 cm³/mol. The van der Waals surface area contributed by atoms with Crippen LogP contribution in [-0.4, -0.2) is 0 Å². The molecule has 0 nitrogen and oxygen atoms in total. The average Bonchev–Trinajstić information content (AvgIpc) is 1.69. The Bertz CT molecular complexity index is 72.2. The fraction of sp³-hybridized carbons (Fsp3) is 0.333. The molecular weight excluding hydrogens is 104 g/mol. The smallest absolute Gasteiger partial charge is 0.00134 e. The van der Waals surface area contributed by atoms with Crippen molar-refractivity contribution in [2.24, 2.45) is 0 Å². The summed E-state index contributed by atoms with van der Waals surface area (Å²) in [6.45, 7) is 2.09. The minimum absolute atomic E-state index is 1.08. The fourth-order valence-electron chi connectivity index (χ4n) is 0.260. The van der Waals surface area contributed by atoms with Gasteiger partial charge in [0.05, 0.1) is 0 Å². The Kier molecular flexibility index (Phi) is 5.46. The zero-order chi connectivity index (χ0) is 5.54. The number of hydrogen-bond acceptors (Lipinski definition) is 0. The topological polar surface area (TPSA) is 0 Å². The largest absolute Gasteiger partial charge is 0.0887 e. The lowest BCUT2D eigenvalue weighted by molar-refractivity contribution is 1.22. The van der Waals surface area contributed by atoms with Gasteiger partial charge in [0.1, 0.15) is 0 Å². The van der Waals surface area contributed by atoms with Gasteiger partial charge in [-0.25, -0.2) is 0 Å². The Balaban J connectivity index is 3.09. The molecule has 0 fully saturated rings. The molecule has 0 aromatic carbocycles. The van der Waals surface area contributed by atoms with Gasteiger partial charge in [0.15, 0.2) is 0 Å². The number of hydrogen-bond donors (Lipinski definition) is 0. The van der Waals surface area contributed by atoms with Crippen LogP contribution in [0.25, 0.3) is 0 Å². The van der Waals surface area contributed by atoms with Crippen LogP contribution in [-0.2, 0) is 0 Å². The van der Waals surface area contributed by atoms with E-state index in [1.807, 2.05) is 12.2 Å². The van der Waals surface area contributed by atoms with Gasteiger partial charge >= 0.3 is 0 Å². The van der Waals surface area contributed by atoms with Crippen molar-refractivity contribution in [3.8, 4) is 0 Å². The molecule has 0 heterocycles. The van der Waals surface area contributed by atoms with Crippen molar-refractivity contribution in [2.75, 3.05) is 0 Å². The van der Waals surface area contributed by atoms with E-state index in [4.69, 9.17) is 0 Å². The molecule has 0 saturated carbocycles. The van der Waals surface area contributed by atoms with Crippen molar-refractivity contribution >= 4 is 12.6 Å². The van der Waals surface area contributed by atoms with Gasteiger partial charge < -0.3 is 0 Å². The summed E-state index contributed by atoms with van der Waals surface area (Å²) in [5.41, 5.74) is 0. The lowest BCUT2D eigenvalue weighted by Crippen LogP contribution is -1.47. The molecule has 0 aliphatic heterocycles. The maximum absolute atomic E-state index is 4.53. The standard InChI is InChI=1S/C6H9S/c1-2-3-4-5-6-7/h3-6H,2H2,1H3. The summed E-state index contributed by atoms with van der Waals surface area (Å²) in [6, 6.07) is 0. The normalized spacial score (nSPS) is 11.6. The van der Waals surface area contributed by atoms with Gasteiger partial charge in [-0.2, -0.15) is 0 Å². The Morgan fingerprint density at radius 1 is 1.43 bits per heavy atom. The highest BCUT2D eigenvalue weighted by Crippen LogP contribution is 1.82. The van der Waals surface area contributed by atoms with Crippen LogP contribution in [0.5, 0.6) is 0 Å². The summed E-state index contributed by atoms with van der Waals surface area (Å²) in [4.78, 5) is 0. The molecule has 0 aromatic rings. The summed E-state index contributed by atoms with van der Waals surface area (Å²) >= 11 is 4.53. The molecule has 0 aromatic heterocycles. The molecule has 0 aliphatic rings. The number of rotatable bonds is 2. The van der Waals surface area contributed by atoms with Crippen molar-refractivity contribution < 1.29 is 0 Å². The Labute approximate surface area is 50.3 Å². The molecule has 1 heteroatoms. The van der Waals surface area contributed by atoms with E-state index < -0.39 is 0 Å². The van der Waals surface area contributed by atoms with Gasteiger partial charge in [-0.15, -0.1) is 0 Å². The van der Waals surface area contributed by atoms with E-state index in [9.17, 15) is 0 Å². The summed E-state index contributed by atoms with van der Waals surface area (Å²) in [7, 11) is 0. The lowest BCUT2D eigenvalue weighted by Gasteiger charge is -1.69. The highest BCUT2D eigenvalue weighted by Gasteiger charge is 1.58. The Hall–Kier alpha value is -0.300. The molecule has 0 N–H and O–H groups in total. The first-order chi connectivity index (χ1) is 3.41. The molecule has 0 atom stereocenters. The van der Waals surface area contributed by atoms with Crippen LogP contribution < -0.4 is 0 Å². The van der Waals surface area contributed by atoms with Crippen LogP contribution in [0.3, 0.4) is 0 Å². The van der Waals surface area contributed by atoms with Gasteiger partial charge in [-0.1, -0.05) is 37.8 Å². The van der Waals surface area contributed by atoms with Crippen molar-refractivity contribution in [1.29, 1.82) is 0 Å². The van der Waals surface area contributed by atoms with Gasteiger partial charge in [0.2, 0.25) is 0 Å². The molecular formula is C6H9S. The molecule has 1 radical (unpaired) electrons. The van der Waals surface area contributed by atoms with E-state index in [2.05, 4.69) is 25.6 Å². The summed E-state index contributed by atoms with van der Waals surface area (Å²) < 4.78 is 0. The maximum Gasteiger partial charge on any atom is 0.00134 e. The molecule has 39 valence electrons. The molecule has 0 amide bonds. The van der Waals surface area contributed by atoms with E-state index in [0.717, 1.165) is 6.42 Å². The van der Waals surface area contributed by atoms with Crippen molar-refractivity contribution in [3.05, 3.63) is 23.6 Å². The number of allylic oxidation sites excluding steroid dienone is 3. The van der Waals surface area contributed by atoms with E-state index in [1.54, 1.807) is 5.41 Å². The first-order valence-corrected chi connectivity index (χ1v) is 2.82. The Morgan fingerprint density at radius 2 is 2.14 bits per heavy atom. The van der Waals surface area contributed by atoms with Gasteiger partial charge in [-0.3, -0.25) is 0 Å². The van der Waals surface area contributed by atoms with Crippen LogP contribution in [0, 0.1) is 0 Å². The third-order valence-electron chi connectivity index (χ3n) is 0.561. The second-order valence-corrected chi connectivity index (χ2v) is 1.44. The minimum Gasteiger partial charge on any atom is -0.0887 e. The van der Waals surface area contributed by atoms with Crippen LogP contribution in [0.1, 0.15) is 13.3 Å². The Morgan fingerprint density at radius 3 is 2.57 bits per heavy atom. The SMILES string of the molecule is CCC=CC=C[S]. The van der Waals surface area contributed by atoms with Gasteiger partial charge in [0.25, 0.3) is 0 Å².